The number of piperidine rings is 2. The zero-order valence-corrected chi connectivity index (χ0v) is 17.8. The Morgan fingerprint density at radius 1 is 1.11 bits per heavy atom. The molecular formula is C22H33ClN2O3. The third-order valence-electron chi connectivity index (χ3n) is 6.28. The SMILES string of the molecule is COc1ccc(C(=O)C2CCN(C(=O)CC(C)C3CCNCC3)CC2)cc1.Cl. The number of carbonyl (C=O) groups is 2. The van der Waals surface area contributed by atoms with Crippen LogP contribution in [0.5, 0.6) is 5.75 Å². The van der Waals surface area contributed by atoms with E-state index in [2.05, 4.69) is 12.2 Å². The molecule has 1 aromatic carbocycles. The normalized spacial score (nSPS) is 19.6. The zero-order valence-electron chi connectivity index (χ0n) is 17.0. The molecule has 0 aromatic heterocycles. The summed E-state index contributed by atoms with van der Waals surface area (Å²) in [6.45, 7) is 5.76. The first-order chi connectivity index (χ1) is 13.1. The maximum absolute atomic E-state index is 12.7. The molecule has 2 aliphatic rings. The highest BCUT2D eigenvalue weighted by Gasteiger charge is 2.30. The van der Waals surface area contributed by atoms with Crippen molar-refractivity contribution in [2.75, 3.05) is 33.3 Å². The second-order valence-electron chi connectivity index (χ2n) is 8.02. The Morgan fingerprint density at radius 2 is 1.71 bits per heavy atom. The minimum Gasteiger partial charge on any atom is -0.497 e. The van der Waals surface area contributed by atoms with E-state index in [1.54, 1.807) is 7.11 Å². The number of ether oxygens (including phenoxy) is 1. The predicted molar refractivity (Wildman–Crippen MR) is 113 cm³/mol. The fourth-order valence-corrected chi connectivity index (χ4v) is 4.37. The summed E-state index contributed by atoms with van der Waals surface area (Å²) in [5.41, 5.74) is 0.736. The quantitative estimate of drug-likeness (QED) is 0.731. The third-order valence-corrected chi connectivity index (χ3v) is 6.28. The predicted octanol–water partition coefficient (Wildman–Crippen LogP) is 3.56. The van der Waals surface area contributed by atoms with E-state index in [-0.39, 0.29) is 30.0 Å². The summed E-state index contributed by atoms with van der Waals surface area (Å²) in [5.74, 6) is 2.32. The smallest absolute Gasteiger partial charge is 0.222 e. The number of rotatable bonds is 6. The number of methoxy groups -OCH3 is 1. The van der Waals surface area contributed by atoms with Gasteiger partial charge in [0.2, 0.25) is 5.91 Å². The van der Waals surface area contributed by atoms with Crippen molar-refractivity contribution in [1.82, 2.24) is 10.2 Å². The molecule has 2 saturated heterocycles. The van der Waals surface area contributed by atoms with E-state index in [0.29, 0.717) is 31.3 Å². The fourth-order valence-electron chi connectivity index (χ4n) is 4.37. The number of likely N-dealkylation sites (tertiary alicyclic amines) is 1. The van der Waals surface area contributed by atoms with Crippen molar-refractivity contribution in [1.29, 1.82) is 0 Å². The molecule has 156 valence electrons. The minimum absolute atomic E-state index is 0. The summed E-state index contributed by atoms with van der Waals surface area (Å²) in [5, 5.41) is 3.39. The number of nitrogens with zero attached hydrogens (tertiary/aromatic N) is 1. The van der Waals surface area contributed by atoms with E-state index in [9.17, 15) is 9.59 Å². The molecule has 2 aliphatic heterocycles. The van der Waals surface area contributed by atoms with Gasteiger partial charge < -0.3 is 15.0 Å². The summed E-state index contributed by atoms with van der Waals surface area (Å²) < 4.78 is 5.15. The molecule has 1 unspecified atom stereocenters. The van der Waals surface area contributed by atoms with E-state index in [1.165, 1.54) is 12.8 Å². The van der Waals surface area contributed by atoms with Crippen molar-refractivity contribution in [2.24, 2.45) is 17.8 Å². The Morgan fingerprint density at radius 3 is 2.29 bits per heavy atom. The van der Waals surface area contributed by atoms with Gasteiger partial charge in [0, 0.05) is 31.0 Å². The molecule has 5 nitrogen and oxygen atoms in total. The average molecular weight is 409 g/mol. The van der Waals surface area contributed by atoms with Crippen LogP contribution in [0.1, 0.15) is 49.4 Å². The number of Topliss-reactive ketones (excluding diaryl/α,β-unsaturated/α-hetero) is 1. The summed E-state index contributed by atoms with van der Waals surface area (Å²) in [6.07, 6.45) is 4.51. The highest BCUT2D eigenvalue weighted by Crippen LogP contribution is 2.27. The van der Waals surface area contributed by atoms with E-state index in [0.717, 1.165) is 37.2 Å². The molecule has 0 aliphatic carbocycles. The molecule has 28 heavy (non-hydrogen) atoms. The average Bonchev–Trinajstić information content (AvgIpc) is 2.74. The molecule has 1 atom stereocenters. The lowest BCUT2D eigenvalue weighted by molar-refractivity contribution is -0.133. The second kappa shape index (κ2) is 10.8. The summed E-state index contributed by atoms with van der Waals surface area (Å²) in [4.78, 5) is 27.4. The topological polar surface area (TPSA) is 58.6 Å². The van der Waals surface area contributed by atoms with Crippen LogP contribution in [0.2, 0.25) is 0 Å². The Balaban J connectivity index is 0.00000280. The number of hydrogen-bond acceptors (Lipinski definition) is 4. The Kier molecular flexibility index (Phi) is 8.77. The van der Waals surface area contributed by atoms with Crippen LogP contribution in [0, 0.1) is 17.8 Å². The monoisotopic (exact) mass is 408 g/mol. The molecule has 3 rings (SSSR count). The van der Waals surface area contributed by atoms with Crippen LogP contribution in [0.25, 0.3) is 0 Å². The van der Waals surface area contributed by atoms with Crippen LogP contribution < -0.4 is 10.1 Å². The molecule has 1 N–H and O–H groups in total. The standard InChI is InChI=1S/C22H32N2O3.ClH/c1-16(17-7-11-23-12-8-17)15-21(25)24-13-9-19(10-14-24)22(26)18-3-5-20(27-2)6-4-18;/h3-6,16-17,19,23H,7-15H2,1-2H3;1H. The van der Waals surface area contributed by atoms with Crippen molar-refractivity contribution in [2.45, 2.75) is 39.0 Å². The van der Waals surface area contributed by atoms with Crippen molar-refractivity contribution < 1.29 is 14.3 Å². The Labute approximate surface area is 174 Å². The lowest BCUT2D eigenvalue weighted by Gasteiger charge is -2.34. The Bertz CT molecular complexity index is 636. The molecule has 0 spiro atoms. The molecule has 2 fully saturated rings. The van der Waals surface area contributed by atoms with Gasteiger partial charge in [-0.2, -0.15) is 0 Å². The highest BCUT2D eigenvalue weighted by atomic mass is 35.5. The fraction of sp³-hybridized carbons (Fsp3) is 0.636. The van der Waals surface area contributed by atoms with Crippen LogP contribution in [-0.4, -0.2) is 49.9 Å². The Hall–Kier alpha value is -1.59. The van der Waals surface area contributed by atoms with Crippen molar-refractivity contribution in [3.05, 3.63) is 29.8 Å². The van der Waals surface area contributed by atoms with Gasteiger partial charge in [0.05, 0.1) is 7.11 Å². The van der Waals surface area contributed by atoms with Gasteiger partial charge in [-0.25, -0.2) is 0 Å². The van der Waals surface area contributed by atoms with E-state index in [4.69, 9.17) is 4.74 Å². The van der Waals surface area contributed by atoms with Gasteiger partial charge in [0.1, 0.15) is 5.75 Å². The minimum atomic E-state index is 0. The van der Waals surface area contributed by atoms with Gasteiger partial charge >= 0.3 is 0 Å². The van der Waals surface area contributed by atoms with Gasteiger partial charge in [-0.15, -0.1) is 12.4 Å². The van der Waals surface area contributed by atoms with Gasteiger partial charge in [-0.3, -0.25) is 9.59 Å². The summed E-state index contributed by atoms with van der Waals surface area (Å²) in [7, 11) is 1.62. The zero-order chi connectivity index (χ0) is 19.2. The molecule has 0 bridgehead atoms. The number of benzene rings is 1. The first kappa shape index (κ1) is 22.7. The maximum atomic E-state index is 12.7. The van der Waals surface area contributed by atoms with Crippen molar-refractivity contribution >= 4 is 24.1 Å². The van der Waals surface area contributed by atoms with Gasteiger partial charge in [-0.1, -0.05) is 6.92 Å². The van der Waals surface area contributed by atoms with Crippen LogP contribution in [0.15, 0.2) is 24.3 Å². The van der Waals surface area contributed by atoms with Gasteiger partial charge in [0.15, 0.2) is 5.78 Å². The number of carbonyl (C=O) groups excluding carboxylic acids is 2. The van der Waals surface area contributed by atoms with E-state index >= 15 is 0 Å². The van der Waals surface area contributed by atoms with E-state index < -0.39 is 0 Å². The summed E-state index contributed by atoms with van der Waals surface area (Å²) >= 11 is 0. The first-order valence-electron chi connectivity index (χ1n) is 10.2. The lowest BCUT2D eigenvalue weighted by atomic mass is 9.83. The molecule has 1 amide bonds. The first-order valence-corrected chi connectivity index (χ1v) is 10.2. The highest BCUT2D eigenvalue weighted by molar-refractivity contribution is 5.98. The van der Waals surface area contributed by atoms with Crippen molar-refractivity contribution in [3.8, 4) is 5.75 Å². The van der Waals surface area contributed by atoms with Crippen LogP contribution in [0.4, 0.5) is 0 Å². The van der Waals surface area contributed by atoms with Gasteiger partial charge in [0.25, 0.3) is 0 Å². The number of ketones is 1. The molecular weight excluding hydrogens is 376 g/mol. The molecule has 0 saturated carbocycles. The van der Waals surface area contributed by atoms with Crippen LogP contribution in [-0.2, 0) is 4.79 Å². The van der Waals surface area contributed by atoms with Crippen LogP contribution in [0.3, 0.4) is 0 Å². The third kappa shape index (κ3) is 5.71. The molecule has 0 radical (unpaired) electrons. The summed E-state index contributed by atoms with van der Waals surface area (Å²) in [6, 6.07) is 7.32. The number of nitrogens with one attached hydrogen (secondary N) is 1. The molecule has 6 heteroatoms. The second-order valence-corrected chi connectivity index (χ2v) is 8.02. The largest absolute Gasteiger partial charge is 0.497 e. The van der Waals surface area contributed by atoms with Gasteiger partial charge in [-0.05, 0) is 74.9 Å². The number of amides is 1. The number of hydrogen-bond donors (Lipinski definition) is 1. The maximum Gasteiger partial charge on any atom is 0.222 e. The molecule has 2 heterocycles. The van der Waals surface area contributed by atoms with Crippen LogP contribution >= 0.6 is 12.4 Å². The van der Waals surface area contributed by atoms with E-state index in [1.807, 2.05) is 29.2 Å². The number of halogens is 1. The molecule has 1 aromatic rings. The van der Waals surface area contributed by atoms with Crippen molar-refractivity contribution in [3.63, 3.8) is 0 Å². The lowest BCUT2D eigenvalue weighted by Crippen LogP contribution is -2.41.